The minimum absolute atomic E-state index is 0.142. The second-order valence-electron chi connectivity index (χ2n) is 6.06. The van der Waals surface area contributed by atoms with E-state index in [0.717, 1.165) is 24.0 Å². The third kappa shape index (κ3) is 4.05. The van der Waals surface area contributed by atoms with Crippen LogP contribution in [0.25, 0.3) is 0 Å². The molecule has 2 N–H and O–H groups in total. The van der Waals surface area contributed by atoms with Gasteiger partial charge in [0.2, 0.25) is 10.0 Å². The molecule has 1 aromatic rings. The molecule has 0 radical (unpaired) electrons. The van der Waals surface area contributed by atoms with Gasteiger partial charge in [0.05, 0.1) is 11.5 Å². The summed E-state index contributed by atoms with van der Waals surface area (Å²) in [6.45, 7) is 4.05. The number of aryl methyl sites for hydroxylation is 2. The van der Waals surface area contributed by atoms with Crippen molar-refractivity contribution in [1.29, 1.82) is 0 Å². The highest BCUT2D eigenvalue weighted by Crippen LogP contribution is 2.24. The number of hydrogen-bond donors (Lipinski definition) is 2. The van der Waals surface area contributed by atoms with Crippen LogP contribution in [0.2, 0.25) is 0 Å². The van der Waals surface area contributed by atoms with Crippen LogP contribution >= 0.6 is 0 Å². The average molecular weight is 311 g/mol. The van der Waals surface area contributed by atoms with Gasteiger partial charge in [0.25, 0.3) is 0 Å². The quantitative estimate of drug-likeness (QED) is 0.878. The molecule has 118 valence electrons. The Labute approximate surface area is 127 Å². The van der Waals surface area contributed by atoms with Gasteiger partial charge < -0.3 is 5.11 Å². The molecule has 4 nitrogen and oxygen atoms in total. The number of aliphatic hydroxyl groups excluding tert-OH is 1. The van der Waals surface area contributed by atoms with E-state index < -0.39 is 10.0 Å². The van der Waals surface area contributed by atoms with Gasteiger partial charge in [0, 0.05) is 6.54 Å². The maximum absolute atomic E-state index is 12.5. The van der Waals surface area contributed by atoms with Crippen LogP contribution in [0.15, 0.2) is 17.0 Å². The molecule has 0 amide bonds. The maximum Gasteiger partial charge on any atom is 0.240 e. The van der Waals surface area contributed by atoms with E-state index in [4.69, 9.17) is 0 Å². The van der Waals surface area contributed by atoms with Gasteiger partial charge in [0.1, 0.15) is 0 Å². The topological polar surface area (TPSA) is 66.4 Å². The van der Waals surface area contributed by atoms with E-state index in [9.17, 15) is 13.5 Å². The van der Waals surface area contributed by atoms with E-state index in [1.807, 2.05) is 13.0 Å². The van der Waals surface area contributed by atoms with Crippen molar-refractivity contribution in [2.24, 2.45) is 5.92 Å². The minimum Gasteiger partial charge on any atom is -0.392 e. The summed E-state index contributed by atoms with van der Waals surface area (Å²) in [6.07, 6.45) is 5.88. The van der Waals surface area contributed by atoms with Gasteiger partial charge in [-0.3, -0.25) is 0 Å². The summed E-state index contributed by atoms with van der Waals surface area (Å²) in [7, 11) is -3.50. The first-order valence-corrected chi connectivity index (χ1v) is 9.13. The van der Waals surface area contributed by atoms with Crippen LogP contribution in [-0.2, 0) is 16.6 Å². The van der Waals surface area contributed by atoms with Gasteiger partial charge >= 0.3 is 0 Å². The largest absolute Gasteiger partial charge is 0.392 e. The zero-order valence-electron chi connectivity index (χ0n) is 12.9. The van der Waals surface area contributed by atoms with Gasteiger partial charge in [0.15, 0.2) is 0 Å². The normalized spacial score (nSPS) is 17.1. The smallest absolute Gasteiger partial charge is 0.240 e. The first kappa shape index (κ1) is 16.5. The number of nitrogens with one attached hydrogen (secondary N) is 1. The fourth-order valence-corrected chi connectivity index (χ4v) is 4.42. The second-order valence-corrected chi connectivity index (χ2v) is 7.79. The number of rotatable bonds is 5. The number of benzene rings is 1. The Morgan fingerprint density at radius 1 is 1.14 bits per heavy atom. The summed E-state index contributed by atoms with van der Waals surface area (Å²) in [5.74, 6) is 0.455. The predicted molar refractivity (Wildman–Crippen MR) is 83.6 cm³/mol. The third-order valence-electron chi connectivity index (χ3n) is 4.38. The third-order valence-corrected chi connectivity index (χ3v) is 5.95. The highest BCUT2D eigenvalue weighted by molar-refractivity contribution is 7.89. The lowest BCUT2D eigenvalue weighted by Gasteiger charge is -2.22. The zero-order chi connectivity index (χ0) is 15.5. The number of aliphatic hydroxyl groups is 1. The molecular formula is C16H25NO3S. The van der Waals surface area contributed by atoms with Gasteiger partial charge in [-0.05, 0) is 55.4 Å². The van der Waals surface area contributed by atoms with Crippen LogP contribution in [0, 0.1) is 19.8 Å². The summed E-state index contributed by atoms with van der Waals surface area (Å²) in [6, 6.07) is 3.41. The lowest BCUT2D eigenvalue weighted by atomic mass is 9.90. The SMILES string of the molecule is Cc1cc(C)c(S(=O)(=O)NCC2CCCCC2)cc1CO. The zero-order valence-corrected chi connectivity index (χ0v) is 13.7. The molecule has 0 saturated heterocycles. The molecule has 5 heteroatoms. The van der Waals surface area contributed by atoms with Crippen LogP contribution in [0.1, 0.15) is 48.8 Å². The van der Waals surface area contributed by atoms with Crippen molar-refractivity contribution in [3.05, 3.63) is 28.8 Å². The monoisotopic (exact) mass is 311 g/mol. The fourth-order valence-electron chi connectivity index (χ4n) is 3.03. The molecule has 0 aromatic heterocycles. The summed E-state index contributed by atoms with van der Waals surface area (Å²) in [4.78, 5) is 0.285. The Morgan fingerprint density at radius 3 is 2.43 bits per heavy atom. The van der Waals surface area contributed by atoms with Crippen molar-refractivity contribution < 1.29 is 13.5 Å². The number of sulfonamides is 1. The molecule has 0 heterocycles. The molecule has 0 atom stereocenters. The Balaban J connectivity index is 2.15. The van der Waals surface area contributed by atoms with Crippen molar-refractivity contribution in [2.75, 3.05) is 6.54 Å². The summed E-state index contributed by atoms with van der Waals surface area (Å²) < 4.78 is 27.7. The van der Waals surface area contributed by atoms with Crippen LogP contribution in [0.5, 0.6) is 0 Å². The van der Waals surface area contributed by atoms with Gasteiger partial charge in [-0.1, -0.05) is 25.3 Å². The predicted octanol–water partition coefficient (Wildman–Crippen LogP) is 2.65. The molecule has 2 rings (SSSR count). The standard InChI is InChI=1S/C16H25NO3S/c1-12-8-13(2)16(9-15(12)11-18)21(19,20)17-10-14-6-4-3-5-7-14/h8-9,14,17-18H,3-7,10-11H2,1-2H3. The average Bonchev–Trinajstić information content (AvgIpc) is 2.46. The number of hydrogen-bond acceptors (Lipinski definition) is 3. The Hall–Kier alpha value is -0.910. The maximum atomic E-state index is 12.5. The lowest BCUT2D eigenvalue weighted by molar-refractivity contribution is 0.280. The molecule has 1 fully saturated rings. The molecule has 1 saturated carbocycles. The fraction of sp³-hybridized carbons (Fsp3) is 0.625. The van der Waals surface area contributed by atoms with Gasteiger partial charge in [-0.25, -0.2) is 13.1 Å². The minimum atomic E-state index is -3.50. The summed E-state index contributed by atoms with van der Waals surface area (Å²) in [5, 5.41) is 9.32. The van der Waals surface area contributed by atoms with E-state index in [2.05, 4.69) is 4.72 Å². The molecule has 0 spiro atoms. The summed E-state index contributed by atoms with van der Waals surface area (Å²) >= 11 is 0. The van der Waals surface area contributed by atoms with Crippen LogP contribution in [0.3, 0.4) is 0 Å². The van der Waals surface area contributed by atoms with Crippen molar-refractivity contribution in [3.8, 4) is 0 Å². The first-order valence-electron chi connectivity index (χ1n) is 7.64. The lowest BCUT2D eigenvalue weighted by Crippen LogP contribution is -2.31. The van der Waals surface area contributed by atoms with E-state index in [1.54, 1.807) is 13.0 Å². The van der Waals surface area contributed by atoms with Gasteiger partial charge in [-0.2, -0.15) is 0 Å². The summed E-state index contributed by atoms with van der Waals surface area (Å²) in [5.41, 5.74) is 2.31. The molecule has 0 unspecified atom stereocenters. The Bertz CT molecular complexity index is 590. The van der Waals surface area contributed by atoms with Crippen molar-refractivity contribution >= 4 is 10.0 Å². The molecule has 1 aromatic carbocycles. The van der Waals surface area contributed by atoms with Crippen molar-refractivity contribution in [2.45, 2.75) is 57.5 Å². The van der Waals surface area contributed by atoms with E-state index in [-0.39, 0.29) is 11.5 Å². The molecule has 1 aliphatic carbocycles. The van der Waals surface area contributed by atoms with Crippen LogP contribution in [-0.4, -0.2) is 20.1 Å². The Kier molecular flexibility index (Phi) is 5.41. The molecule has 0 bridgehead atoms. The van der Waals surface area contributed by atoms with Crippen molar-refractivity contribution in [1.82, 2.24) is 4.72 Å². The second kappa shape index (κ2) is 6.90. The molecule has 1 aliphatic rings. The van der Waals surface area contributed by atoms with Crippen molar-refractivity contribution in [3.63, 3.8) is 0 Å². The Morgan fingerprint density at radius 2 is 1.81 bits per heavy atom. The highest BCUT2D eigenvalue weighted by Gasteiger charge is 2.21. The van der Waals surface area contributed by atoms with E-state index in [1.165, 1.54) is 19.3 Å². The van der Waals surface area contributed by atoms with Crippen LogP contribution in [0.4, 0.5) is 0 Å². The van der Waals surface area contributed by atoms with E-state index in [0.29, 0.717) is 18.0 Å². The van der Waals surface area contributed by atoms with Gasteiger partial charge in [-0.15, -0.1) is 0 Å². The molecule has 21 heavy (non-hydrogen) atoms. The first-order chi connectivity index (χ1) is 9.94. The molecular weight excluding hydrogens is 286 g/mol. The van der Waals surface area contributed by atoms with E-state index >= 15 is 0 Å². The van der Waals surface area contributed by atoms with Crippen LogP contribution < -0.4 is 4.72 Å². The molecule has 0 aliphatic heterocycles. The highest BCUT2D eigenvalue weighted by atomic mass is 32.2.